The summed E-state index contributed by atoms with van der Waals surface area (Å²) >= 11 is 3.17. The Labute approximate surface area is 388 Å². The third kappa shape index (κ3) is 13.8. The number of aromatic hydroxyl groups is 1. The summed E-state index contributed by atoms with van der Waals surface area (Å²) in [7, 11) is 0. The van der Waals surface area contributed by atoms with Crippen LogP contribution in [0, 0.1) is 53.5 Å². The molecule has 0 spiro atoms. The minimum atomic E-state index is -1.13. The lowest BCUT2D eigenvalue weighted by Crippen LogP contribution is -2.25. The molecule has 0 saturated carbocycles. The van der Waals surface area contributed by atoms with Crippen LogP contribution >= 0.6 is 15.9 Å². The molecule has 0 radical (unpaired) electrons. The van der Waals surface area contributed by atoms with Crippen LogP contribution in [0.15, 0.2) is 103 Å². The van der Waals surface area contributed by atoms with E-state index >= 15 is 0 Å². The molecule has 0 saturated heterocycles. The fourth-order valence-electron chi connectivity index (χ4n) is 6.11. The van der Waals surface area contributed by atoms with Gasteiger partial charge in [0.1, 0.15) is 59.3 Å². The highest BCUT2D eigenvalue weighted by molar-refractivity contribution is 9.08. The Morgan fingerprint density at radius 3 is 1.74 bits per heavy atom. The van der Waals surface area contributed by atoms with E-state index in [2.05, 4.69) is 15.9 Å². The molecular weight excluding hydrogens is 984 g/mol. The molecule has 5 aromatic carbocycles. The highest BCUT2D eigenvalue weighted by Crippen LogP contribution is 2.28. The lowest BCUT2D eigenvalue weighted by atomic mass is 10.1. The predicted octanol–water partition coefficient (Wildman–Crippen LogP) is 12.3. The van der Waals surface area contributed by atoms with Crippen molar-refractivity contribution in [2.45, 2.75) is 39.0 Å². The molecule has 8 rings (SSSR count). The molecular formula is C48H37BrF8O11. The van der Waals surface area contributed by atoms with E-state index in [9.17, 15) is 49.5 Å². The molecule has 1 N–H and O–H groups in total. The maximum atomic E-state index is 13.7. The Bertz CT molecular complexity index is 3090. The van der Waals surface area contributed by atoms with Gasteiger partial charge >= 0.3 is 5.63 Å². The summed E-state index contributed by atoms with van der Waals surface area (Å²) in [5.74, 6) is -6.20. The summed E-state index contributed by atoms with van der Waals surface area (Å²) in [4.78, 5) is 32.3. The molecule has 0 amide bonds. The standard InChI is InChI=1S/C19H12F2O4.C13H16F2O4.C9H5BrF2O.C7H4F2O2/c1-10-4-18(22)25-17-8-13(2-3-15(10)17)23-9-14-6-11-5-12(20)7-16(21)19(11)24-14;1-3-17-12(18-4-2)8-19-13-9(7-16)5-10(14)6-11(13)15;10-4-7-2-5-1-6(11)3-8(12)9(5)13-7;8-5-1-4(3-10)7(11)6(9)2-5/h2-8H,9H2,1H3;5-7,12H,3-4,8H2,1-2H3;1-3H,4H2;1-3,11H. The zero-order chi connectivity index (χ0) is 49.7. The number of furan rings is 2. The van der Waals surface area contributed by atoms with Crippen LogP contribution < -0.4 is 15.1 Å². The largest absolute Gasteiger partial charge is 0.504 e. The van der Waals surface area contributed by atoms with E-state index < -0.39 is 64.2 Å². The molecule has 68 heavy (non-hydrogen) atoms. The number of hydrogen-bond acceptors (Lipinski definition) is 11. The van der Waals surface area contributed by atoms with Gasteiger partial charge in [0.25, 0.3) is 0 Å². The van der Waals surface area contributed by atoms with Crippen LogP contribution in [-0.2, 0) is 21.4 Å². The fourth-order valence-corrected chi connectivity index (χ4v) is 6.38. The van der Waals surface area contributed by atoms with Crippen LogP contribution in [0.4, 0.5) is 35.1 Å². The quantitative estimate of drug-likeness (QED) is 0.0387. The van der Waals surface area contributed by atoms with E-state index in [1.807, 2.05) is 6.92 Å². The number of phenolic OH excluding ortho intramolecular Hbond substituents is 1. The van der Waals surface area contributed by atoms with Gasteiger partial charge in [0, 0.05) is 65.8 Å². The summed E-state index contributed by atoms with van der Waals surface area (Å²) in [5, 5.41) is 10.8. The minimum Gasteiger partial charge on any atom is -0.504 e. The number of phenols is 1. The van der Waals surface area contributed by atoms with Crippen LogP contribution in [0.2, 0.25) is 0 Å². The van der Waals surface area contributed by atoms with Gasteiger partial charge in [-0.2, -0.15) is 0 Å². The van der Waals surface area contributed by atoms with E-state index in [0.29, 0.717) is 70.6 Å². The Hall–Kier alpha value is -7.03. The molecule has 0 unspecified atom stereocenters. The Morgan fingerprint density at radius 1 is 0.632 bits per heavy atom. The SMILES string of the molecule is CCOC(COc1c(F)cc(F)cc1C=O)OCC.Cc1cc(=O)oc2cc(OCc3cc4cc(F)cc(F)c4o3)ccc12.Fc1cc(F)c2oc(CBr)cc2c1.O=Cc1cc(F)cc(F)c1O. The van der Waals surface area contributed by atoms with Crippen LogP contribution in [-0.4, -0.2) is 43.8 Å². The first-order valence-electron chi connectivity index (χ1n) is 19.9. The molecule has 3 heterocycles. The second kappa shape index (κ2) is 24.1. The molecule has 0 fully saturated rings. The van der Waals surface area contributed by atoms with E-state index in [1.54, 1.807) is 38.1 Å². The van der Waals surface area contributed by atoms with E-state index in [1.165, 1.54) is 24.3 Å². The first kappa shape index (κ1) is 51.9. The summed E-state index contributed by atoms with van der Waals surface area (Å²) in [5.41, 5.74) is 0.312. The lowest BCUT2D eigenvalue weighted by molar-refractivity contribution is -0.152. The maximum absolute atomic E-state index is 13.7. The van der Waals surface area contributed by atoms with Crippen LogP contribution in [0.5, 0.6) is 17.2 Å². The Balaban J connectivity index is 0.000000178. The molecule has 0 atom stereocenters. The van der Waals surface area contributed by atoms with Crippen molar-refractivity contribution in [3.63, 3.8) is 0 Å². The zero-order valence-electron chi connectivity index (χ0n) is 35.8. The van der Waals surface area contributed by atoms with E-state index in [-0.39, 0.29) is 47.5 Å². The van der Waals surface area contributed by atoms with Crippen molar-refractivity contribution < 1.29 is 82.0 Å². The Kier molecular flexibility index (Phi) is 18.4. The monoisotopic (exact) mass is 1020 g/mol. The summed E-state index contributed by atoms with van der Waals surface area (Å²) in [6.07, 6.45) is -0.154. The van der Waals surface area contributed by atoms with Gasteiger partial charge in [-0.3, -0.25) is 9.59 Å². The van der Waals surface area contributed by atoms with Crippen molar-refractivity contribution in [3.8, 4) is 17.2 Å². The maximum Gasteiger partial charge on any atom is 0.336 e. The molecule has 0 bridgehead atoms. The minimum absolute atomic E-state index is 0.0138. The number of aryl methyl sites for hydroxylation is 1. The molecule has 8 aromatic rings. The molecule has 20 heteroatoms. The third-order valence-corrected chi connectivity index (χ3v) is 9.58. The van der Waals surface area contributed by atoms with Gasteiger partial charge in [-0.1, -0.05) is 15.9 Å². The molecule has 358 valence electrons. The summed E-state index contributed by atoms with van der Waals surface area (Å²) < 4.78 is 141. The van der Waals surface area contributed by atoms with Crippen molar-refractivity contribution in [1.29, 1.82) is 0 Å². The summed E-state index contributed by atoms with van der Waals surface area (Å²) in [6.45, 7) is 6.12. The second-order valence-corrected chi connectivity index (χ2v) is 14.4. The smallest absolute Gasteiger partial charge is 0.336 e. The number of fused-ring (bicyclic) bond motifs is 3. The molecule has 0 aliphatic rings. The normalized spacial score (nSPS) is 10.8. The van der Waals surface area contributed by atoms with Crippen LogP contribution in [0.3, 0.4) is 0 Å². The van der Waals surface area contributed by atoms with Gasteiger partial charge in [-0.15, -0.1) is 0 Å². The zero-order valence-corrected chi connectivity index (χ0v) is 37.4. The number of carbonyl (C=O) groups excluding carboxylic acids is 2. The first-order valence-corrected chi connectivity index (χ1v) is 21.0. The van der Waals surface area contributed by atoms with Gasteiger partial charge in [0.05, 0.1) is 16.5 Å². The topological polar surface area (TPSA) is 148 Å². The second-order valence-electron chi connectivity index (χ2n) is 13.9. The van der Waals surface area contributed by atoms with Crippen molar-refractivity contribution in [1.82, 2.24) is 0 Å². The van der Waals surface area contributed by atoms with Crippen molar-refractivity contribution >= 4 is 61.4 Å². The van der Waals surface area contributed by atoms with Crippen molar-refractivity contribution in [2.24, 2.45) is 0 Å². The molecule has 11 nitrogen and oxygen atoms in total. The number of rotatable bonds is 13. The number of halogens is 9. The summed E-state index contributed by atoms with van der Waals surface area (Å²) in [6, 6.07) is 16.5. The van der Waals surface area contributed by atoms with Gasteiger partial charge in [-0.25, -0.2) is 39.9 Å². The molecule has 3 aromatic heterocycles. The third-order valence-electron chi connectivity index (χ3n) is 9.03. The van der Waals surface area contributed by atoms with E-state index in [4.69, 9.17) is 37.3 Å². The average molecular weight is 1020 g/mol. The predicted molar refractivity (Wildman–Crippen MR) is 234 cm³/mol. The fraction of sp³-hybridized carbons (Fsp3) is 0.188. The molecule has 0 aliphatic heterocycles. The highest BCUT2D eigenvalue weighted by atomic mass is 79.9. The van der Waals surface area contributed by atoms with Gasteiger partial charge in [0.2, 0.25) is 0 Å². The number of ether oxygens (including phenoxy) is 4. The average Bonchev–Trinajstić information content (AvgIpc) is 3.91. The van der Waals surface area contributed by atoms with Crippen LogP contribution in [0.25, 0.3) is 32.9 Å². The number of alkyl halides is 1. The molecule has 0 aliphatic carbocycles. The lowest BCUT2D eigenvalue weighted by Gasteiger charge is -2.18. The van der Waals surface area contributed by atoms with E-state index in [0.717, 1.165) is 35.2 Å². The highest BCUT2D eigenvalue weighted by Gasteiger charge is 2.17. The Morgan fingerprint density at radius 2 is 1.16 bits per heavy atom. The van der Waals surface area contributed by atoms with Gasteiger partial charge in [-0.05, 0) is 74.9 Å². The van der Waals surface area contributed by atoms with Gasteiger partial charge in [0.15, 0.2) is 64.8 Å². The van der Waals surface area contributed by atoms with Gasteiger partial charge < -0.3 is 37.3 Å². The number of hydrogen-bond donors (Lipinski definition) is 1. The van der Waals surface area contributed by atoms with Crippen molar-refractivity contribution in [3.05, 3.63) is 170 Å². The first-order chi connectivity index (χ1) is 32.5. The van der Waals surface area contributed by atoms with Crippen LogP contribution in [0.1, 0.15) is 51.6 Å². The number of carbonyl (C=O) groups is 2. The van der Waals surface area contributed by atoms with Crippen molar-refractivity contribution in [2.75, 3.05) is 19.8 Å². The number of benzene rings is 5. The number of aldehydes is 2.